The van der Waals surface area contributed by atoms with Crippen LogP contribution in [-0.4, -0.2) is 52.4 Å². The van der Waals surface area contributed by atoms with Crippen LogP contribution in [0.4, 0.5) is 5.69 Å². The van der Waals surface area contributed by atoms with Gasteiger partial charge >= 0.3 is 0 Å². The Bertz CT molecular complexity index is 481. The molecule has 1 aliphatic rings. The molecule has 0 radical (unpaired) electrons. The number of methoxy groups -OCH3 is 1. The van der Waals surface area contributed by atoms with E-state index in [0.29, 0.717) is 12.6 Å². The van der Waals surface area contributed by atoms with E-state index in [1.54, 1.807) is 14.2 Å². The summed E-state index contributed by atoms with van der Waals surface area (Å²) in [7, 11) is 3.49. The van der Waals surface area contributed by atoms with Gasteiger partial charge in [0.15, 0.2) is 5.96 Å². The molecule has 0 spiro atoms. The van der Waals surface area contributed by atoms with E-state index in [1.807, 2.05) is 0 Å². The van der Waals surface area contributed by atoms with Crippen molar-refractivity contribution in [2.24, 2.45) is 4.99 Å². The van der Waals surface area contributed by atoms with Gasteiger partial charge in [0.25, 0.3) is 0 Å². The summed E-state index contributed by atoms with van der Waals surface area (Å²) in [5, 5.41) is 6.57. The van der Waals surface area contributed by atoms with E-state index in [9.17, 15) is 0 Å². The first kappa shape index (κ1) is 19.0. The Hall–Kier alpha value is -1.02. The molecule has 1 atom stereocenters. The predicted octanol–water partition coefficient (Wildman–Crippen LogP) is 1.87. The number of guanidine groups is 1. The quantitative estimate of drug-likeness (QED) is 0.321. The number of nitrogens with one attached hydrogen (secondary N) is 2. The molecule has 5 nitrogen and oxygen atoms in total. The Kier molecular flexibility index (Phi) is 8.55. The average molecular weight is 418 g/mol. The fourth-order valence-corrected chi connectivity index (χ4v) is 2.76. The maximum Gasteiger partial charge on any atom is 0.191 e. The van der Waals surface area contributed by atoms with Gasteiger partial charge in [-0.2, -0.15) is 0 Å². The van der Waals surface area contributed by atoms with Gasteiger partial charge in [-0.1, -0.05) is 18.2 Å². The molecule has 22 heavy (non-hydrogen) atoms. The molecular weight excluding hydrogens is 391 g/mol. The molecule has 124 valence electrons. The second kappa shape index (κ2) is 9.89. The molecule has 0 saturated carbocycles. The van der Waals surface area contributed by atoms with Gasteiger partial charge in [0, 0.05) is 45.5 Å². The van der Waals surface area contributed by atoms with Crippen LogP contribution in [0.3, 0.4) is 0 Å². The Balaban J connectivity index is 0.00000242. The third-order valence-corrected chi connectivity index (χ3v) is 3.82. The largest absolute Gasteiger partial charge is 0.383 e. The third-order valence-electron chi connectivity index (χ3n) is 3.82. The second-order valence-electron chi connectivity index (χ2n) is 5.29. The van der Waals surface area contributed by atoms with Gasteiger partial charge in [-0.15, -0.1) is 24.0 Å². The molecule has 0 aliphatic carbocycles. The highest BCUT2D eigenvalue weighted by atomic mass is 127. The third kappa shape index (κ3) is 5.01. The van der Waals surface area contributed by atoms with Crippen molar-refractivity contribution in [3.05, 3.63) is 29.8 Å². The fraction of sp³-hybridized carbons (Fsp3) is 0.562. The number of ether oxygens (including phenoxy) is 1. The molecule has 1 aromatic rings. The molecule has 0 bridgehead atoms. The summed E-state index contributed by atoms with van der Waals surface area (Å²) in [5.41, 5.74) is 2.82. The van der Waals surface area contributed by atoms with Gasteiger partial charge in [-0.25, -0.2) is 0 Å². The number of fused-ring (bicyclic) bond motifs is 1. The van der Waals surface area contributed by atoms with Crippen molar-refractivity contribution in [1.29, 1.82) is 0 Å². The van der Waals surface area contributed by atoms with Crippen LogP contribution in [0.5, 0.6) is 0 Å². The van der Waals surface area contributed by atoms with Crippen LogP contribution >= 0.6 is 24.0 Å². The maximum absolute atomic E-state index is 5.02. The van der Waals surface area contributed by atoms with Crippen molar-refractivity contribution in [2.75, 3.05) is 45.3 Å². The molecule has 1 unspecified atom stereocenters. The Morgan fingerprint density at radius 2 is 2.05 bits per heavy atom. The van der Waals surface area contributed by atoms with E-state index < -0.39 is 0 Å². The summed E-state index contributed by atoms with van der Waals surface area (Å²) >= 11 is 0. The molecule has 6 heteroatoms. The molecule has 0 aromatic heterocycles. The van der Waals surface area contributed by atoms with Crippen molar-refractivity contribution < 1.29 is 4.74 Å². The normalized spacial score (nSPS) is 17.0. The first-order chi connectivity index (χ1) is 10.3. The minimum absolute atomic E-state index is 0. The smallest absolute Gasteiger partial charge is 0.191 e. The maximum atomic E-state index is 5.02. The highest BCUT2D eigenvalue weighted by molar-refractivity contribution is 14.0. The molecule has 0 amide bonds. The molecule has 1 aliphatic heterocycles. The highest BCUT2D eigenvalue weighted by Crippen LogP contribution is 2.30. The lowest BCUT2D eigenvalue weighted by Gasteiger charge is -2.25. The van der Waals surface area contributed by atoms with Crippen molar-refractivity contribution in [3.63, 3.8) is 0 Å². The van der Waals surface area contributed by atoms with Gasteiger partial charge in [-0.05, 0) is 25.0 Å². The first-order valence-corrected chi connectivity index (χ1v) is 7.54. The zero-order valence-electron chi connectivity index (χ0n) is 13.6. The molecule has 0 saturated heterocycles. The lowest BCUT2D eigenvalue weighted by molar-refractivity contribution is 0.203. The monoisotopic (exact) mass is 418 g/mol. The van der Waals surface area contributed by atoms with Crippen LogP contribution in [0.1, 0.15) is 12.5 Å². The number of nitrogens with zero attached hydrogens (tertiary/aromatic N) is 2. The van der Waals surface area contributed by atoms with Crippen LogP contribution < -0.4 is 15.5 Å². The molecule has 2 N–H and O–H groups in total. The number of halogens is 1. The number of hydrogen-bond acceptors (Lipinski definition) is 3. The van der Waals surface area contributed by atoms with Crippen LogP contribution in [0, 0.1) is 0 Å². The van der Waals surface area contributed by atoms with Gasteiger partial charge in [0.05, 0.1) is 6.61 Å². The summed E-state index contributed by atoms with van der Waals surface area (Å²) in [4.78, 5) is 6.67. The van der Waals surface area contributed by atoms with Crippen LogP contribution in [0.25, 0.3) is 0 Å². The van der Waals surface area contributed by atoms with E-state index in [1.165, 1.54) is 11.3 Å². The van der Waals surface area contributed by atoms with E-state index >= 15 is 0 Å². The van der Waals surface area contributed by atoms with Crippen LogP contribution in [0.2, 0.25) is 0 Å². The molecule has 1 heterocycles. The average Bonchev–Trinajstić information content (AvgIpc) is 2.82. The number of para-hydroxylation sites is 1. The Labute approximate surface area is 150 Å². The zero-order valence-corrected chi connectivity index (χ0v) is 16.0. The van der Waals surface area contributed by atoms with Gasteiger partial charge < -0.3 is 20.3 Å². The minimum atomic E-state index is 0. The summed E-state index contributed by atoms with van der Waals surface area (Å²) in [6.07, 6.45) is 1.14. The first-order valence-electron chi connectivity index (χ1n) is 7.54. The van der Waals surface area contributed by atoms with E-state index in [2.05, 4.69) is 51.7 Å². The second-order valence-corrected chi connectivity index (χ2v) is 5.29. The number of hydrogen-bond donors (Lipinski definition) is 2. The lowest BCUT2D eigenvalue weighted by Crippen LogP contribution is -2.43. The summed E-state index contributed by atoms with van der Waals surface area (Å²) in [6, 6.07) is 9.24. The number of rotatable bonds is 6. The van der Waals surface area contributed by atoms with Crippen molar-refractivity contribution in [1.82, 2.24) is 10.6 Å². The summed E-state index contributed by atoms with van der Waals surface area (Å²) in [5.74, 6) is 0.826. The number of benzene rings is 1. The predicted molar refractivity (Wildman–Crippen MR) is 104 cm³/mol. The SMILES string of the molecule is CN=C(NCCOC)NCCN1c2ccccc2CC1C.I. The molecule has 0 fully saturated rings. The molecule has 2 rings (SSSR count). The van der Waals surface area contributed by atoms with E-state index in [-0.39, 0.29) is 24.0 Å². The van der Waals surface area contributed by atoms with Crippen LogP contribution in [0.15, 0.2) is 29.3 Å². The number of aliphatic imine (C=N–C) groups is 1. The summed E-state index contributed by atoms with van der Waals surface area (Å²) < 4.78 is 5.02. The van der Waals surface area contributed by atoms with Gasteiger partial charge in [0.1, 0.15) is 0 Å². The standard InChI is InChI=1S/C16H26N4O.HI/c1-13-12-14-6-4-5-7-15(14)20(13)10-8-18-16(17-2)19-9-11-21-3;/h4-7,13H,8-12H2,1-3H3,(H2,17,18,19);1H. The minimum Gasteiger partial charge on any atom is -0.383 e. The molecular formula is C16H27IN4O. The summed E-state index contributed by atoms with van der Waals surface area (Å²) in [6.45, 7) is 5.57. The van der Waals surface area contributed by atoms with Crippen molar-refractivity contribution >= 4 is 35.6 Å². The zero-order chi connectivity index (χ0) is 15.1. The van der Waals surface area contributed by atoms with Crippen molar-refractivity contribution in [2.45, 2.75) is 19.4 Å². The number of anilines is 1. The lowest BCUT2D eigenvalue weighted by atomic mass is 10.1. The van der Waals surface area contributed by atoms with E-state index in [4.69, 9.17) is 4.74 Å². The fourth-order valence-electron chi connectivity index (χ4n) is 2.76. The van der Waals surface area contributed by atoms with Crippen molar-refractivity contribution in [3.8, 4) is 0 Å². The van der Waals surface area contributed by atoms with E-state index in [0.717, 1.165) is 32.0 Å². The Morgan fingerprint density at radius 1 is 1.32 bits per heavy atom. The molecule has 1 aromatic carbocycles. The van der Waals surface area contributed by atoms with Gasteiger partial charge in [-0.3, -0.25) is 4.99 Å². The highest BCUT2D eigenvalue weighted by Gasteiger charge is 2.24. The topological polar surface area (TPSA) is 48.9 Å². The van der Waals surface area contributed by atoms with Gasteiger partial charge in [0.2, 0.25) is 0 Å². The van der Waals surface area contributed by atoms with Crippen LogP contribution in [-0.2, 0) is 11.2 Å². The Morgan fingerprint density at radius 3 is 2.77 bits per heavy atom.